The minimum Gasteiger partial charge on any atom is -0.390 e. The lowest BCUT2D eigenvalue weighted by Gasteiger charge is -2.28. The van der Waals surface area contributed by atoms with Gasteiger partial charge in [-0.1, -0.05) is 0 Å². The quantitative estimate of drug-likeness (QED) is 0.345. The zero-order valence-corrected chi connectivity index (χ0v) is 7.20. The van der Waals surface area contributed by atoms with Crippen LogP contribution in [0.3, 0.4) is 0 Å². The number of hydrazine groups is 1. The third-order valence-corrected chi connectivity index (χ3v) is 1.93. The molecular weight excluding hydrogens is 158 g/mol. The Bertz CT molecular complexity index is 117. The lowest BCUT2D eigenvalue weighted by atomic mass is 10.3. The number of nitrogens with two attached hydrogens (primary N) is 1. The van der Waals surface area contributed by atoms with E-state index in [4.69, 9.17) is 10.6 Å². The number of aliphatic hydroxyl groups excluding tert-OH is 1. The summed E-state index contributed by atoms with van der Waals surface area (Å²) >= 11 is 0. The minimum atomic E-state index is -0.381. The molecule has 1 aliphatic heterocycles. The van der Waals surface area contributed by atoms with Crippen molar-refractivity contribution in [3.05, 3.63) is 0 Å². The van der Waals surface area contributed by atoms with Crippen LogP contribution in [0.15, 0.2) is 0 Å². The van der Waals surface area contributed by atoms with E-state index in [0.717, 1.165) is 26.3 Å². The normalized spacial score (nSPS) is 22.5. The Labute approximate surface area is 72.5 Å². The van der Waals surface area contributed by atoms with Crippen LogP contribution < -0.4 is 11.3 Å². The molecule has 0 radical (unpaired) electrons. The Hall–Kier alpha value is -0.200. The van der Waals surface area contributed by atoms with Crippen LogP contribution in [0.2, 0.25) is 0 Å². The molecule has 0 amide bonds. The van der Waals surface area contributed by atoms with E-state index in [1.807, 2.05) is 0 Å². The molecule has 0 aromatic heterocycles. The van der Waals surface area contributed by atoms with Gasteiger partial charge in [-0.25, -0.2) is 0 Å². The number of aliphatic hydroxyl groups is 1. The van der Waals surface area contributed by atoms with Crippen LogP contribution in [0, 0.1) is 0 Å². The summed E-state index contributed by atoms with van der Waals surface area (Å²) in [5, 5.41) is 9.38. The number of β-amino-alcohol motifs (C(OH)–C–C–N with tert-alkyl or cyclic N) is 1. The molecule has 1 aliphatic rings. The number of nitrogens with zero attached hydrogens (tertiary/aromatic N) is 1. The Kier molecular flexibility index (Phi) is 4.49. The third-order valence-electron chi connectivity index (χ3n) is 1.93. The van der Waals surface area contributed by atoms with Gasteiger partial charge < -0.3 is 9.84 Å². The van der Waals surface area contributed by atoms with E-state index in [2.05, 4.69) is 10.3 Å². The summed E-state index contributed by atoms with van der Waals surface area (Å²) in [6.07, 6.45) is -0.381. The molecule has 0 aromatic rings. The van der Waals surface area contributed by atoms with Gasteiger partial charge in [-0.3, -0.25) is 16.2 Å². The number of ether oxygens (including phenoxy) is 1. The summed E-state index contributed by atoms with van der Waals surface area (Å²) in [6.45, 7) is 4.46. The first-order valence-electron chi connectivity index (χ1n) is 4.24. The topological polar surface area (TPSA) is 70.8 Å². The second kappa shape index (κ2) is 5.45. The minimum absolute atomic E-state index is 0.381. The van der Waals surface area contributed by atoms with Crippen LogP contribution in [0.25, 0.3) is 0 Å². The van der Waals surface area contributed by atoms with Gasteiger partial charge in [-0.2, -0.15) is 0 Å². The van der Waals surface area contributed by atoms with Gasteiger partial charge in [0, 0.05) is 26.2 Å². The van der Waals surface area contributed by atoms with Gasteiger partial charge >= 0.3 is 0 Å². The van der Waals surface area contributed by atoms with E-state index >= 15 is 0 Å². The van der Waals surface area contributed by atoms with Gasteiger partial charge in [0.25, 0.3) is 0 Å². The van der Waals surface area contributed by atoms with Crippen molar-refractivity contribution < 1.29 is 9.84 Å². The molecule has 1 rings (SSSR count). The molecule has 0 bridgehead atoms. The molecule has 5 nitrogen and oxygen atoms in total. The molecule has 1 fully saturated rings. The second-order valence-electron chi connectivity index (χ2n) is 2.98. The fraction of sp³-hybridized carbons (Fsp3) is 1.00. The first-order valence-corrected chi connectivity index (χ1v) is 4.24. The molecular formula is C7H17N3O2. The second-order valence-corrected chi connectivity index (χ2v) is 2.98. The van der Waals surface area contributed by atoms with Crippen LogP contribution in [-0.2, 0) is 4.74 Å². The molecule has 0 aromatic carbocycles. The molecule has 1 saturated heterocycles. The maximum atomic E-state index is 9.38. The fourth-order valence-corrected chi connectivity index (χ4v) is 1.28. The molecule has 4 N–H and O–H groups in total. The van der Waals surface area contributed by atoms with Crippen LogP contribution in [0.5, 0.6) is 0 Å². The first-order chi connectivity index (χ1) is 5.83. The predicted octanol–water partition coefficient (Wildman–Crippen LogP) is -1.86. The van der Waals surface area contributed by atoms with E-state index in [1.165, 1.54) is 0 Å². The molecule has 0 spiro atoms. The lowest BCUT2D eigenvalue weighted by molar-refractivity contribution is 0.0150. The maximum absolute atomic E-state index is 9.38. The largest absolute Gasteiger partial charge is 0.390 e. The summed E-state index contributed by atoms with van der Waals surface area (Å²) < 4.78 is 5.18. The van der Waals surface area contributed by atoms with Gasteiger partial charge in [-0.15, -0.1) is 0 Å². The molecule has 0 unspecified atom stereocenters. The van der Waals surface area contributed by atoms with E-state index in [9.17, 15) is 5.11 Å². The van der Waals surface area contributed by atoms with E-state index in [1.54, 1.807) is 0 Å². The molecule has 72 valence electrons. The Morgan fingerprint density at radius 2 is 2.17 bits per heavy atom. The zero-order chi connectivity index (χ0) is 8.81. The maximum Gasteiger partial charge on any atom is 0.0805 e. The van der Waals surface area contributed by atoms with Crippen molar-refractivity contribution >= 4 is 0 Å². The lowest BCUT2D eigenvalue weighted by Crippen LogP contribution is -2.44. The number of hydrogen-bond acceptors (Lipinski definition) is 5. The highest BCUT2D eigenvalue weighted by atomic mass is 16.5. The van der Waals surface area contributed by atoms with Gasteiger partial charge in [-0.05, 0) is 0 Å². The molecule has 1 heterocycles. The summed E-state index contributed by atoms with van der Waals surface area (Å²) in [5.41, 5.74) is 2.45. The highest BCUT2D eigenvalue weighted by Crippen LogP contribution is 1.97. The van der Waals surface area contributed by atoms with E-state index in [-0.39, 0.29) is 6.10 Å². The third kappa shape index (κ3) is 3.46. The standard InChI is InChI=1S/C7H17N3O2/c8-9-5-7(11)6-10-1-3-12-4-2-10/h7,9,11H,1-6,8H2/t7-/m0/s1. The van der Waals surface area contributed by atoms with Crippen molar-refractivity contribution in [1.29, 1.82) is 0 Å². The summed E-state index contributed by atoms with van der Waals surface area (Å²) in [7, 11) is 0. The summed E-state index contributed by atoms with van der Waals surface area (Å²) in [5.74, 6) is 5.08. The van der Waals surface area contributed by atoms with Crippen molar-refractivity contribution in [3.63, 3.8) is 0 Å². The van der Waals surface area contributed by atoms with Crippen LogP contribution in [0.1, 0.15) is 0 Å². The van der Waals surface area contributed by atoms with Crippen LogP contribution in [0.4, 0.5) is 0 Å². The highest BCUT2D eigenvalue weighted by Gasteiger charge is 2.13. The van der Waals surface area contributed by atoms with Crippen molar-refractivity contribution in [2.24, 2.45) is 5.84 Å². The Morgan fingerprint density at radius 3 is 2.75 bits per heavy atom. The van der Waals surface area contributed by atoms with Gasteiger partial charge in [0.05, 0.1) is 19.3 Å². The summed E-state index contributed by atoms with van der Waals surface area (Å²) in [4.78, 5) is 2.17. The molecule has 1 atom stereocenters. The van der Waals surface area contributed by atoms with Gasteiger partial charge in [0.15, 0.2) is 0 Å². The molecule has 0 aliphatic carbocycles. The smallest absolute Gasteiger partial charge is 0.0805 e. The zero-order valence-electron chi connectivity index (χ0n) is 7.20. The average Bonchev–Trinajstić information content (AvgIpc) is 2.06. The van der Waals surface area contributed by atoms with E-state index < -0.39 is 0 Å². The first kappa shape index (κ1) is 9.88. The van der Waals surface area contributed by atoms with Crippen molar-refractivity contribution in [3.8, 4) is 0 Å². The van der Waals surface area contributed by atoms with Gasteiger partial charge in [0.1, 0.15) is 0 Å². The summed E-state index contributed by atoms with van der Waals surface area (Å²) in [6, 6.07) is 0. The van der Waals surface area contributed by atoms with Crippen LogP contribution in [-0.4, -0.2) is 55.5 Å². The SMILES string of the molecule is NNC[C@H](O)CN1CCOCC1. The van der Waals surface area contributed by atoms with Crippen molar-refractivity contribution in [1.82, 2.24) is 10.3 Å². The molecule has 5 heteroatoms. The number of rotatable bonds is 4. The number of hydrogen-bond donors (Lipinski definition) is 3. The fourth-order valence-electron chi connectivity index (χ4n) is 1.28. The predicted molar refractivity (Wildman–Crippen MR) is 45.5 cm³/mol. The number of morpholine rings is 1. The molecule has 12 heavy (non-hydrogen) atoms. The van der Waals surface area contributed by atoms with Crippen molar-refractivity contribution in [2.75, 3.05) is 39.4 Å². The van der Waals surface area contributed by atoms with Crippen molar-refractivity contribution in [2.45, 2.75) is 6.10 Å². The molecule has 0 saturated carbocycles. The monoisotopic (exact) mass is 175 g/mol. The Balaban J connectivity index is 2.11. The van der Waals surface area contributed by atoms with E-state index in [0.29, 0.717) is 13.1 Å². The number of nitrogens with one attached hydrogen (secondary N) is 1. The average molecular weight is 175 g/mol. The van der Waals surface area contributed by atoms with Crippen LogP contribution >= 0.6 is 0 Å². The van der Waals surface area contributed by atoms with Gasteiger partial charge in [0.2, 0.25) is 0 Å². The Morgan fingerprint density at radius 1 is 1.50 bits per heavy atom. The highest BCUT2D eigenvalue weighted by molar-refractivity contribution is 4.67.